The Morgan fingerprint density at radius 1 is 0.958 bits per heavy atom. The average Bonchev–Trinajstić information content (AvgIpc) is 2.61. The molecule has 0 aliphatic carbocycles. The number of nitrogens with one attached hydrogen (secondary N) is 2. The van der Waals surface area contributed by atoms with E-state index < -0.39 is 0 Å². The summed E-state index contributed by atoms with van der Waals surface area (Å²) in [6.07, 6.45) is 1.72. The van der Waals surface area contributed by atoms with Gasteiger partial charge in [0.2, 0.25) is 11.8 Å². The molecule has 2 rings (SSSR count). The van der Waals surface area contributed by atoms with Crippen LogP contribution in [0.4, 0.5) is 0 Å². The minimum atomic E-state index is -0.310. The first-order valence-electron chi connectivity index (χ1n) is 7.51. The maximum Gasteiger partial charge on any atom is 0.240 e. The van der Waals surface area contributed by atoms with Crippen LogP contribution >= 0.6 is 11.6 Å². The number of halogens is 1. The summed E-state index contributed by atoms with van der Waals surface area (Å²) in [5, 5.41) is 7.25. The fraction of sp³-hybridized carbons (Fsp3) is 0.167. The van der Waals surface area contributed by atoms with Gasteiger partial charge in [0.05, 0.1) is 6.21 Å². The Morgan fingerprint density at radius 3 is 2.33 bits per heavy atom. The molecule has 0 atom stereocenters. The van der Waals surface area contributed by atoms with Gasteiger partial charge < -0.3 is 5.32 Å². The smallest absolute Gasteiger partial charge is 0.240 e. The maximum absolute atomic E-state index is 11.7. The molecule has 2 aromatic rings. The molecule has 0 unspecified atom stereocenters. The summed E-state index contributed by atoms with van der Waals surface area (Å²) in [7, 11) is 0. The molecular weight excluding hydrogens is 326 g/mol. The van der Waals surface area contributed by atoms with Gasteiger partial charge in [0.25, 0.3) is 0 Å². The van der Waals surface area contributed by atoms with Crippen LogP contribution in [-0.4, -0.2) is 18.0 Å². The van der Waals surface area contributed by atoms with Crippen molar-refractivity contribution in [2.45, 2.75) is 19.4 Å². The number of rotatable bonds is 7. The SMILES string of the molecule is O=C(CCC(=O)N/N=C/c1ccc(Cl)cc1)NCc1ccccc1. The monoisotopic (exact) mass is 343 g/mol. The molecule has 0 bridgehead atoms. The zero-order valence-electron chi connectivity index (χ0n) is 13.0. The lowest BCUT2D eigenvalue weighted by atomic mass is 10.2. The predicted molar refractivity (Wildman–Crippen MR) is 94.7 cm³/mol. The molecule has 5 nitrogen and oxygen atoms in total. The van der Waals surface area contributed by atoms with Crippen LogP contribution < -0.4 is 10.7 Å². The van der Waals surface area contributed by atoms with E-state index in [1.807, 2.05) is 30.3 Å². The largest absolute Gasteiger partial charge is 0.352 e. The molecular formula is C18H18ClN3O2. The second kappa shape index (κ2) is 9.47. The van der Waals surface area contributed by atoms with E-state index in [0.717, 1.165) is 11.1 Å². The van der Waals surface area contributed by atoms with Gasteiger partial charge in [0, 0.05) is 24.4 Å². The first kappa shape index (κ1) is 17.7. The highest BCUT2D eigenvalue weighted by Crippen LogP contribution is 2.07. The maximum atomic E-state index is 11.7. The van der Waals surface area contributed by atoms with Crippen molar-refractivity contribution in [1.29, 1.82) is 0 Å². The number of carbonyl (C=O) groups excluding carboxylic acids is 2. The minimum Gasteiger partial charge on any atom is -0.352 e. The van der Waals surface area contributed by atoms with Gasteiger partial charge in [-0.3, -0.25) is 9.59 Å². The topological polar surface area (TPSA) is 70.6 Å². The molecule has 0 aliphatic heterocycles. The van der Waals surface area contributed by atoms with Crippen LogP contribution in [0.15, 0.2) is 59.7 Å². The molecule has 0 fully saturated rings. The van der Waals surface area contributed by atoms with Gasteiger partial charge in [-0.15, -0.1) is 0 Å². The highest BCUT2D eigenvalue weighted by molar-refractivity contribution is 6.30. The van der Waals surface area contributed by atoms with Crippen molar-refractivity contribution in [1.82, 2.24) is 10.7 Å². The molecule has 0 aromatic heterocycles. The van der Waals surface area contributed by atoms with Crippen LogP contribution in [0.25, 0.3) is 0 Å². The van der Waals surface area contributed by atoms with Crippen molar-refractivity contribution in [3.63, 3.8) is 0 Å². The number of hydrazone groups is 1. The molecule has 0 saturated heterocycles. The summed E-state index contributed by atoms with van der Waals surface area (Å²) in [6, 6.07) is 16.6. The lowest BCUT2D eigenvalue weighted by Crippen LogP contribution is -2.25. The second-order valence-electron chi connectivity index (χ2n) is 5.11. The Labute approximate surface area is 145 Å². The summed E-state index contributed by atoms with van der Waals surface area (Å²) in [6.45, 7) is 0.454. The molecule has 0 radical (unpaired) electrons. The molecule has 24 heavy (non-hydrogen) atoms. The van der Waals surface area contributed by atoms with Crippen molar-refractivity contribution in [3.05, 3.63) is 70.7 Å². The number of benzene rings is 2. The number of nitrogens with zero attached hydrogens (tertiary/aromatic N) is 1. The lowest BCUT2D eigenvalue weighted by Gasteiger charge is -2.04. The van der Waals surface area contributed by atoms with Crippen molar-refractivity contribution in [3.8, 4) is 0 Å². The summed E-state index contributed by atoms with van der Waals surface area (Å²) < 4.78 is 0. The van der Waals surface area contributed by atoms with Gasteiger partial charge >= 0.3 is 0 Å². The van der Waals surface area contributed by atoms with Crippen molar-refractivity contribution in [2.75, 3.05) is 0 Å². The summed E-state index contributed by atoms with van der Waals surface area (Å²) >= 11 is 5.78. The highest BCUT2D eigenvalue weighted by atomic mass is 35.5. The second-order valence-corrected chi connectivity index (χ2v) is 5.54. The minimum absolute atomic E-state index is 0.0819. The quantitative estimate of drug-likeness (QED) is 0.599. The number of hydrogen-bond acceptors (Lipinski definition) is 3. The van der Waals surface area contributed by atoms with E-state index >= 15 is 0 Å². The van der Waals surface area contributed by atoms with Gasteiger partial charge in [0.15, 0.2) is 0 Å². The van der Waals surface area contributed by atoms with E-state index in [2.05, 4.69) is 15.8 Å². The summed E-state index contributed by atoms with van der Waals surface area (Å²) in [4.78, 5) is 23.3. The van der Waals surface area contributed by atoms with E-state index in [0.29, 0.717) is 11.6 Å². The third-order valence-electron chi connectivity index (χ3n) is 3.18. The zero-order chi connectivity index (χ0) is 17.2. The zero-order valence-corrected chi connectivity index (χ0v) is 13.8. The van der Waals surface area contributed by atoms with Crippen molar-refractivity contribution < 1.29 is 9.59 Å². The Balaban J connectivity index is 1.65. The van der Waals surface area contributed by atoms with Crippen LogP contribution in [0.5, 0.6) is 0 Å². The number of amides is 2. The normalized spacial score (nSPS) is 10.5. The molecule has 2 amide bonds. The predicted octanol–water partition coefficient (Wildman–Crippen LogP) is 2.89. The molecule has 0 heterocycles. The summed E-state index contributed by atoms with van der Waals surface area (Å²) in [5.74, 6) is -0.481. The van der Waals surface area contributed by atoms with Crippen molar-refractivity contribution >= 4 is 29.6 Å². The van der Waals surface area contributed by atoms with Gasteiger partial charge in [-0.2, -0.15) is 5.10 Å². The fourth-order valence-corrected chi connectivity index (χ4v) is 2.02. The van der Waals surface area contributed by atoms with Crippen LogP contribution in [-0.2, 0) is 16.1 Å². The molecule has 0 aliphatic rings. The van der Waals surface area contributed by atoms with Crippen LogP contribution in [0.2, 0.25) is 5.02 Å². The average molecular weight is 344 g/mol. The number of hydrogen-bond donors (Lipinski definition) is 2. The van der Waals surface area contributed by atoms with E-state index in [-0.39, 0.29) is 24.7 Å². The van der Waals surface area contributed by atoms with E-state index in [1.54, 1.807) is 24.3 Å². The van der Waals surface area contributed by atoms with Crippen LogP contribution in [0, 0.1) is 0 Å². The highest BCUT2D eigenvalue weighted by Gasteiger charge is 2.05. The third kappa shape index (κ3) is 6.62. The van der Waals surface area contributed by atoms with Crippen molar-refractivity contribution in [2.24, 2.45) is 5.10 Å². The van der Waals surface area contributed by atoms with E-state index in [1.165, 1.54) is 6.21 Å². The molecule has 124 valence electrons. The molecule has 6 heteroatoms. The molecule has 0 saturated carbocycles. The molecule has 0 spiro atoms. The first-order chi connectivity index (χ1) is 11.6. The van der Waals surface area contributed by atoms with Crippen LogP contribution in [0.3, 0.4) is 0 Å². The Hall–Kier alpha value is -2.66. The third-order valence-corrected chi connectivity index (χ3v) is 3.44. The molecule has 2 N–H and O–H groups in total. The van der Waals surface area contributed by atoms with Gasteiger partial charge in [-0.1, -0.05) is 54.1 Å². The van der Waals surface area contributed by atoms with Gasteiger partial charge in [-0.05, 0) is 23.3 Å². The molecule has 2 aromatic carbocycles. The van der Waals surface area contributed by atoms with E-state index in [4.69, 9.17) is 11.6 Å². The number of carbonyl (C=O) groups is 2. The first-order valence-corrected chi connectivity index (χ1v) is 7.89. The standard InChI is InChI=1S/C18H18ClN3O2/c19-16-8-6-15(7-9-16)13-21-22-18(24)11-10-17(23)20-12-14-4-2-1-3-5-14/h1-9,13H,10-12H2,(H,20,23)(H,22,24)/b21-13+. The van der Waals surface area contributed by atoms with Crippen LogP contribution in [0.1, 0.15) is 24.0 Å². The Bertz CT molecular complexity index is 700. The lowest BCUT2D eigenvalue weighted by molar-refractivity contribution is -0.126. The van der Waals surface area contributed by atoms with E-state index in [9.17, 15) is 9.59 Å². The van der Waals surface area contributed by atoms with Gasteiger partial charge in [0.1, 0.15) is 0 Å². The Kier molecular flexibility index (Phi) is 6.98. The fourth-order valence-electron chi connectivity index (χ4n) is 1.90. The summed E-state index contributed by atoms with van der Waals surface area (Å²) in [5.41, 5.74) is 4.23. The van der Waals surface area contributed by atoms with Gasteiger partial charge in [-0.25, -0.2) is 5.43 Å². The Morgan fingerprint density at radius 2 is 1.62 bits per heavy atom.